The van der Waals surface area contributed by atoms with E-state index in [9.17, 15) is 23.4 Å². The molecule has 4 atom stereocenters. The van der Waals surface area contributed by atoms with Crippen molar-refractivity contribution in [3.05, 3.63) is 18.1 Å². The maximum atomic E-state index is 12.8. The number of anilines is 1. The lowest BCUT2D eigenvalue weighted by atomic mass is 9.52. The molecule has 0 bridgehead atoms. The van der Waals surface area contributed by atoms with E-state index in [0.717, 1.165) is 31.9 Å². The van der Waals surface area contributed by atoms with E-state index in [4.69, 9.17) is 10.5 Å². The molecule has 0 amide bonds. The number of ether oxygens (including phenoxy) is 1. The zero-order valence-electron chi connectivity index (χ0n) is 15.8. The number of halogens is 3. The van der Waals surface area contributed by atoms with Crippen molar-refractivity contribution in [3.8, 4) is 0 Å². The third kappa shape index (κ3) is 4.33. The van der Waals surface area contributed by atoms with Gasteiger partial charge in [0.2, 0.25) is 0 Å². The van der Waals surface area contributed by atoms with Gasteiger partial charge in [-0.15, -0.1) is 0 Å². The molecule has 1 aromatic rings. The van der Waals surface area contributed by atoms with Gasteiger partial charge in [-0.05, 0) is 31.1 Å². The summed E-state index contributed by atoms with van der Waals surface area (Å²) in [5.74, 6) is -0.144. The van der Waals surface area contributed by atoms with Crippen LogP contribution < -0.4 is 16.4 Å². The predicted octanol–water partition coefficient (Wildman–Crippen LogP) is 0.256. The first kappa shape index (κ1) is 20.7. The number of nitrogens with two attached hydrogens (primary N) is 1. The summed E-state index contributed by atoms with van der Waals surface area (Å²) in [4.78, 5) is 6.98. The van der Waals surface area contributed by atoms with Crippen molar-refractivity contribution < 1.29 is 28.1 Å². The Balaban J connectivity index is 1.26. The quantitative estimate of drug-likeness (QED) is 0.462. The summed E-state index contributed by atoms with van der Waals surface area (Å²) in [6.45, 7) is 0.410. The van der Waals surface area contributed by atoms with Crippen LogP contribution in [0.5, 0.6) is 0 Å². The van der Waals surface area contributed by atoms with Gasteiger partial charge in [0.05, 0.1) is 31.1 Å². The van der Waals surface area contributed by atoms with Crippen molar-refractivity contribution in [1.29, 1.82) is 0 Å². The maximum absolute atomic E-state index is 12.8. The number of rotatable bonds is 5. The average molecular weight is 417 g/mol. The van der Waals surface area contributed by atoms with Gasteiger partial charge in [0.1, 0.15) is 18.0 Å². The molecule has 2 aliphatic carbocycles. The van der Waals surface area contributed by atoms with Gasteiger partial charge in [-0.3, -0.25) is 4.98 Å². The molecule has 1 aromatic heterocycles. The van der Waals surface area contributed by atoms with Gasteiger partial charge in [0, 0.05) is 18.6 Å². The molecule has 0 unspecified atom stereocenters. The first-order valence-electron chi connectivity index (χ1n) is 9.78. The second-order valence-electron chi connectivity index (χ2n) is 8.57. The molecule has 1 saturated heterocycles. The molecule has 0 aromatic carbocycles. The van der Waals surface area contributed by atoms with Crippen LogP contribution in [0.15, 0.2) is 12.4 Å². The van der Waals surface area contributed by atoms with Crippen molar-refractivity contribution in [1.82, 2.24) is 15.3 Å². The standard InChI is InChI=1S/C18H26F3N5O3/c19-18(20,21)13-6-23-7-14(26-13)25-11-8-29-12(16(28)15(11)27)5-24-10-3-17(4-10)1-9(22)2-17/h6-7,9-12,15-16,24,27-28H,1-5,8,22H2,(H,25,26)/t9?,10?,11-,12+,15+,16-,17?/m0/s1. The van der Waals surface area contributed by atoms with Crippen LogP contribution in [0.4, 0.5) is 19.0 Å². The van der Waals surface area contributed by atoms with Crippen molar-refractivity contribution in [2.24, 2.45) is 11.1 Å². The minimum atomic E-state index is -4.62. The van der Waals surface area contributed by atoms with E-state index in [1.807, 2.05) is 0 Å². The van der Waals surface area contributed by atoms with Crippen LogP contribution in [0.2, 0.25) is 0 Å². The summed E-state index contributed by atoms with van der Waals surface area (Å²) in [5.41, 5.74) is 5.12. The fraction of sp³-hybridized carbons (Fsp3) is 0.778. The van der Waals surface area contributed by atoms with E-state index >= 15 is 0 Å². The number of aromatic nitrogens is 2. The van der Waals surface area contributed by atoms with Crippen LogP contribution in [0.3, 0.4) is 0 Å². The van der Waals surface area contributed by atoms with Crippen LogP contribution in [-0.2, 0) is 10.9 Å². The van der Waals surface area contributed by atoms with Gasteiger partial charge in [-0.25, -0.2) is 4.98 Å². The Labute approximate surface area is 166 Å². The van der Waals surface area contributed by atoms with Crippen molar-refractivity contribution in [2.45, 2.75) is 68.3 Å². The number of nitrogens with one attached hydrogen (secondary N) is 2. The predicted molar refractivity (Wildman–Crippen MR) is 96.9 cm³/mol. The lowest BCUT2D eigenvalue weighted by molar-refractivity contribution is -0.142. The Bertz CT molecular complexity index is 723. The Morgan fingerprint density at radius 1 is 1.17 bits per heavy atom. The molecule has 2 heterocycles. The van der Waals surface area contributed by atoms with Crippen molar-refractivity contribution in [3.63, 3.8) is 0 Å². The minimum absolute atomic E-state index is 0.0198. The Kier molecular flexibility index (Phi) is 5.45. The van der Waals surface area contributed by atoms with Crippen molar-refractivity contribution >= 4 is 5.82 Å². The highest BCUT2D eigenvalue weighted by atomic mass is 19.4. The lowest BCUT2D eigenvalue weighted by Crippen LogP contribution is -2.62. The van der Waals surface area contributed by atoms with E-state index in [0.29, 0.717) is 30.2 Å². The van der Waals surface area contributed by atoms with Crippen LogP contribution in [-0.4, -0.2) is 69.8 Å². The second kappa shape index (κ2) is 7.62. The third-order valence-electron chi connectivity index (χ3n) is 6.25. The van der Waals surface area contributed by atoms with Gasteiger partial charge >= 0.3 is 6.18 Å². The summed E-state index contributed by atoms with van der Waals surface area (Å²) >= 11 is 0. The average Bonchev–Trinajstić information content (AvgIpc) is 2.61. The maximum Gasteiger partial charge on any atom is 0.434 e. The zero-order chi connectivity index (χ0) is 20.8. The molecular formula is C18H26F3N5O3. The van der Waals surface area contributed by atoms with Gasteiger partial charge in [-0.2, -0.15) is 13.2 Å². The highest BCUT2D eigenvalue weighted by Crippen LogP contribution is 2.55. The largest absolute Gasteiger partial charge is 0.434 e. The van der Waals surface area contributed by atoms with E-state index in [1.54, 1.807) is 0 Å². The summed E-state index contributed by atoms with van der Waals surface area (Å²) in [5, 5.41) is 26.8. The molecule has 1 spiro atoms. The summed E-state index contributed by atoms with van der Waals surface area (Å²) in [7, 11) is 0. The highest BCUT2D eigenvalue weighted by Gasteiger charge is 2.51. The van der Waals surface area contributed by atoms with Crippen molar-refractivity contribution in [2.75, 3.05) is 18.5 Å². The molecule has 0 radical (unpaired) electrons. The Morgan fingerprint density at radius 3 is 2.55 bits per heavy atom. The molecule has 2 saturated carbocycles. The monoisotopic (exact) mass is 417 g/mol. The molecule has 11 heteroatoms. The third-order valence-corrected chi connectivity index (χ3v) is 6.25. The summed E-state index contributed by atoms with van der Waals surface area (Å²) in [6.07, 6.45) is -1.62. The lowest BCUT2D eigenvalue weighted by Gasteiger charge is -2.57. The summed E-state index contributed by atoms with van der Waals surface area (Å²) in [6, 6.07) is -0.130. The molecule has 8 nitrogen and oxygen atoms in total. The highest BCUT2D eigenvalue weighted by molar-refractivity contribution is 5.34. The van der Waals surface area contributed by atoms with Crippen LogP contribution in [0.25, 0.3) is 0 Å². The molecule has 3 fully saturated rings. The van der Waals surface area contributed by atoms with Gasteiger partial charge in [0.15, 0.2) is 5.69 Å². The van der Waals surface area contributed by atoms with Crippen LogP contribution >= 0.6 is 0 Å². The fourth-order valence-electron chi connectivity index (χ4n) is 4.75. The van der Waals surface area contributed by atoms with E-state index < -0.39 is 36.2 Å². The van der Waals surface area contributed by atoms with Gasteiger partial charge < -0.3 is 31.3 Å². The number of aliphatic hydroxyl groups is 2. The molecular weight excluding hydrogens is 391 g/mol. The van der Waals surface area contributed by atoms with E-state index in [1.165, 1.54) is 0 Å². The topological polar surface area (TPSA) is 126 Å². The van der Waals surface area contributed by atoms with Crippen LogP contribution in [0, 0.1) is 5.41 Å². The number of hydrogen-bond acceptors (Lipinski definition) is 8. The molecule has 1 aliphatic heterocycles. The number of nitrogens with zero attached hydrogens (tertiary/aromatic N) is 2. The minimum Gasteiger partial charge on any atom is -0.388 e. The van der Waals surface area contributed by atoms with E-state index in [2.05, 4.69) is 20.6 Å². The SMILES string of the molecule is NC1CC2(C1)CC(NC[C@H]1OC[C@H](Nc3cncc(C(F)(F)F)n3)[C@@H](O)[C@H]1O)C2. The normalized spacial score (nSPS) is 39.7. The number of hydrogen-bond donors (Lipinski definition) is 5. The Hall–Kier alpha value is -1.53. The molecule has 3 aliphatic rings. The first-order chi connectivity index (χ1) is 13.7. The molecule has 6 N–H and O–H groups in total. The fourth-order valence-corrected chi connectivity index (χ4v) is 4.75. The number of aliphatic hydroxyl groups excluding tert-OH is 2. The van der Waals surface area contributed by atoms with Gasteiger partial charge in [0.25, 0.3) is 0 Å². The molecule has 162 valence electrons. The Morgan fingerprint density at radius 2 is 1.90 bits per heavy atom. The molecule has 29 heavy (non-hydrogen) atoms. The molecule has 4 rings (SSSR count). The zero-order valence-corrected chi connectivity index (χ0v) is 15.8. The van der Waals surface area contributed by atoms with E-state index in [-0.39, 0.29) is 12.4 Å². The van der Waals surface area contributed by atoms with Crippen LogP contribution in [0.1, 0.15) is 31.4 Å². The van der Waals surface area contributed by atoms with Gasteiger partial charge in [-0.1, -0.05) is 0 Å². The summed E-state index contributed by atoms with van der Waals surface area (Å²) < 4.78 is 43.9. The first-order valence-corrected chi connectivity index (χ1v) is 9.78. The second-order valence-corrected chi connectivity index (χ2v) is 8.57. The smallest absolute Gasteiger partial charge is 0.388 e. The number of alkyl halides is 3.